The van der Waals surface area contributed by atoms with E-state index in [1.54, 1.807) is 13.0 Å². The Morgan fingerprint density at radius 2 is 2.00 bits per heavy atom. The summed E-state index contributed by atoms with van der Waals surface area (Å²) in [5.74, 6) is 0. The molecule has 0 amide bonds. The summed E-state index contributed by atoms with van der Waals surface area (Å²) in [4.78, 5) is 10.7. The van der Waals surface area contributed by atoms with E-state index < -0.39 is 11.8 Å². The van der Waals surface area contributed by atoms with Gasteiger partial charge in [-0.3, -0.25) is 10.1 Å². The molecule has 19 heavy (non-hydrogen) atoms. The number of hydrogen-bond acceptors (Lipinski definition) is 4. The van der Waals surface area contributed by atoms with Crippen LogP contribution in [-0.4, -0.2) is 30.0 Å². The second-order valence-electron chi connectivity index (χ2n) is 4.60. The van der Waals surface area contributed by atoms with Crippen LogP contribution in [0.4, 0.5) is 0 Å². The third kappa shape index (κ3) is 3.19. The van der Waals surface area contributed by atoms with E-state index in [0.717, 1.165) is 5.56 Å². The van der Waals surface area contributed by atoms with Gasteiger partial charge in [0, 0.05) is 11.3 Å². The minimum absolute atomic E-state index is 0.0836. The molecule has 5 nitrogen and oxygen atoms in total. The molecule has 1 saturated heterocycles. The zero-order valence-electron chi connectivity index (χ0n) is 10.8. The molecule has 1 fully saturated rings. The van der Waals surface area contributed by atoms with Crippen molar-refractivity contribution in [2.45, 2.75) is 25.2 Å². The highest BCUT2D eigenvalue weighted by Crippen LogP contribution is 2.23. The van der Waals surface area contributed by atoms with Crippen molar-refractivity contribution in [3.05, 3.63) is 52.1 Å². The molecule has 1 aliphatic heterocycles. The van der Waals surface area contributed by atoms with Crippen LogP contribution in [0.1, 0.15) is 18.9 Å². The minimum Gasteiger partial charge on any atom is -0.341 e. The highest BCUT2D eigenvalue weighted by molar-refractivity contribution is 5.48. The quantitative estimate of drug-likeness (QED) is 0.618. The Morgan fingerprint density at radius 1 is 1.37 bits per heavy atom. The van der Waals surface area contributed by atoms with E-state index in [2.05, 4.69) is 0 Å². The zero-order chi connectivity index (χ0) is 13.7. The van der Waals surface area contributed by atoms with Gasteiger partial charge in [0.25, 0.3) is 5.54 Å². The maximum atomic E-state index is 11.0. The lowest BCUT2D eigenvalue weighted by Crippen LogP contribution is -2.52. The van der Waals surface area contributed by atoms with Gasteiger partial charge in [-0.1, -0.05) is 43.3 Å². The first-order chi connectivity index (χ1) is 9.16. The molecule has 0 N–H and O–H groups in total. The van der Waals surface area contributed by atoms with Crippen LogP contribution in [0.3, 0.4) is 0 Å². The normalized spacial score (nSPS) is 27.5. The Morgan fingerprint density at radius 3 is 2.53 bits per heavy atom. The van der Waals surface area contributed by atoms with Crippen LogP contribution < -0.4 is 0 Å². The average Bonchev–Trinajstić information content (AvgIpc) is 2.46. The molecular formula is C14H17NO4. The molecule has 1 aromatic carbocycles. The number of hydrogen-bond donors (Lipinski definition) is 0. The van der Waals surface area contributed by atoms with E-state index in [1.807, 2.05) is 36.4 Å². The summed E-state index contributed by atoms with van der Waals surface area (Å²) in [7, 11) is 0. The Hall–Kier alpha value is -1.72. The fraction of sp³-hybridized carbons (Fsp3) is 0.429. The summed E-state index contributed by atoms with van der Waals surface area (Å²) < 4.78 is 10.8. The molecule has 0 saturated carbocycles. The highest BCUT2D eigenvalue weighted by atomic mass is 16.7. The summed E-state index contributed by atoms with van der Waals surface area (Å²) in [5.41, 5.74) is -0.0619. The monoisotopic (exact) mass is 263 g/mol. The fourth-order valence-corrected chi connectivity index (χ4v) is 1.87. The first-order valence-corrected chi connectivity index (χ1v) is 6.27. The van der Waals surface area contributed by atoms with Crippen LogP contribution in [0, 0.1) is 10.1 Å². The van der Waals surface area contributed by atoms with Crippen molar-refractivity contribution in [2.75, 3.05) is 13.2 Å². The van der Waals surface area contributed by atoms with Gasteiger partial charge >= 0.3 is 0 Å². The summed E-state index contributed by atoms with van der Waals surface area (Å²) >= 11 is 0. The van der Waals surface area contributed by atoms with Gasteiger partial charge in [0.05, 0.1) is 0 Å². The number of ether oxygens (including phenoxy) is 2. The van der Waals surface area contributed by atoms with Crippen LogP contribution in [0.25, 0.3) is 6.08 Å². The predicted molar refractivity (Wildman–Crippen MR) is 71.2 cm³/mol. The third-order valence-electron chi connectivity index (χ3n) is 3.32. The number of nitrogens with zero attached hydrogens (tertiary/aromatic N) is 1. The van der Waals surface area contributed by atoms with Gasteiger partial charge in [-0.2, -0.15) is 0 Å². The van der Waals surface area contributed by atoms with Crippen molar-refractivity contribution < 1.29 is 14.4 Å². The summed E-state index contributed by atoms with van der Waals surface area (Å²) in [6.45, 7) is 1.94. The molecule has 1 aromatic rings. The van der Waals surface area contributed by atoms with Crippen LogP contribution >= 0.6 is 0 Å². The first-order valence-electron chi connectivity index (χ1n) is 6.27. The number of rotatable bonds is 4. The van der Waals surface area contributed by atoms with Crippen molar-refractivity contribution in [1.29, 1.82) is 0 Å². The van der Waals surface area contributed by atoms with Gasteiger partial charge in [-0.05, 0) is 11.6 Å². The zero-order valence-corrected chi connectivity index (χ0v) is 10.8. The molecule has 2 rings (SSSR count). The van der Waals surface area contributed by atoms with Gasteiger partial charge in [0.1, 0.15) is 13.2 Å². The van der Waals surface area contributed by atoms with Gasteiger partial charge in [0.2, 0.25) is 0 Å². The molecule has 0 aliphatic carbocycles. The van der Waals surface area contributed by atoms with Gasteiger partial charge in [-0.25, -0.2) is 0 Å². The largest absolute Gasteiger partial charge is 0.341 e. The van der Waals surface area contributed by atoms with Crippen molar-refractivity contribution >= 4 is 6.08 Å². The van der Waals surface area contributed by atoms with Crippen molar-refractivity contribution in [3.63, 3.8) is 0 Å². The maximum absolute atomic E-state index is 11.0. The van der Waals surface area contributed by atoms with Crippen molar-refractivity contribution in [3.8, 4) is 0 Å². The van der Waals surface area contributed by atoms with Crippen LogP contribution in [-0.2, 0) is 9.47 Å². The molecule has 0 radical (unpaired) electrons. The molecule has 0 bridgehead atoms. The van der Waals surface area contributed by atoms with Crippen LogP contribution in [0.5, 0.6) is 0 Å². The molecule has 0 atom stereocenters. The Labute approximate surface area is 112 Å². The maximum Gasteiger partial charge on any atom is 0.267 e. The van der Waals surface area contributed by atoms with E-state index in [9.17, 15) is 10.1 Å². The Balaban J connectivity index is 1.94. The van der Waals surface area contributed by atoms with E-state index in [0.29, 0.717) is 6.42 Å². The Bertz CT molecular complexity index is 450. The molecule has 102 valence electrons. The average molecular weight is 263 g/mol. The summed E-state index contributed by atoms with van der Waals surface area (Å²) in [5, 5.41) is 11.0. The first kappa shape index (κ1) is 13.7. The molecule has 0 aromatic heterocycles. The number of nitro groups is 1. The second kappa shape index (κ2) is 5.95. The van der Waals surface area contributed by atoms with Gasteiger partial charge in [0.15, 0.2) is 6.29 Å². The molecule has 0 unspecified atom stereocenters. The van der Waals surface area contributed by atoms with Gasteiger partial charge in [-0.15, -0.1) is 0 Å². The van der Waals surface area contributed by atoms with E-state index >= 15 is 0 Å². The highest BCUT2D eigenvalue weighted by Gasteiger charge is 2.46. The van der Waals surface area contributed by atoms with Crippen LogP contribution in [0.2, 0.25) is 0 Å². The lowest BCUT2D eigenvalue weighted by molar-refractivity contribution is -0.590. The lowest BCUT2D eigenvalue weighted by Gasteiger charge is -2.31. The lowest BCUT2D eigenvalue weighted by atomic mass is 9.99. The summed E-state index contributed by atoms with van der Waals surface area (Å²) in [6.07, 6.45) is 3.54. The summed E-state index contributed by atoms with van der Waals surface area (Å²) in [6, 6.07) is 9.76. The van der Waals surface area contributed by atoms with Crippen LogP contribution in [0.15, 0.2) is 36.4 Å². The molecule has 5 heteroatoms. The Kier molecular flexibility index (Phi) is 4.29. The third-order valence-corrected chi connectivity index (χ3v) is 3.32. The SMILES string of the molecule is CCC1([N+](=O)[O-])COC(/C=C\c2ccccc2)OC1. The predicted octanol–water partition coefficient (Wildman–Crippen LogP) is 2.50. The fourth-order valence-electron chi connectivity index (χ4n) is 1.87. The topological polar surface area (TPSA) is 61.6 Å². The molecule has 0 spiro atoms. The second-order valence-corrected chi connectivity index (χ2v) is 4.60. The van der Waals surface area contributed by atoms with Crippen molar-refractivity contribution in [2.24, 2.45) is 0 Å². The van der Waals surface area contributed by atoms with E-state index in [1.165, 1.54) is 0 Å². The number of benzene rings is 1. The van der Waals surface area contributed by atoms with E-state index in [-0.39, 0.29) is 18.1 Å². The minimum atomic E-state index is -1.10. The van der Waals surface area contributed by atoms with Crippen molar-refractivity contribution in [1.82, 2.24) is 0 Å². The molecule has 1 aliphatic rings. The van der Waals surface area contributed by atoms with E-state index in [4.69, 9.17) is 9.47 Å². The standard InChI is InChI=1S/C14H17NO4/c1-2-14(15(16)17)10-18-13(19-11-14)9-8-12-6-4-3-5-7-12/h3-9,13H,2,10-11H2,1H3/b9-8-. The van der Waals surface area contributed by atoms with Gasteiger partial charge < -0.3 is 9.47 Å². The molecular weight excluding hydrogens is 246 g/mol. The smallest absolute Gasteiger partial charge is 0.267 e. The molecule has 1 heterocycles.